The van der Waals surface area contributed by atoms with Crippen LogP contribution in [0.4, 0.5) is 14.9 Å². The highest BCUT2D eigenvalue weighted by atomic mass is 19.1. The summed E-state index contributed by atoms with van der Waals surface area (Å²) in [6.45, 7) is 6.99. The molecule has 0 atom stereocenters. The van der Waals surface area contributed by atoms with Crippen molar-refractivity contribution in [2.75, 3.05) is 31.1 Å². The van der Waals surface area contributed by atoms with Gasteiger partial charge in [0.2, 0.25) is 0 Å². The van der Waals surface area contributed by atoms with Crippen LogP contribution in [0.5, 0.6) is 0 Å². The summed E-state index contributed by atoms with van der Waals surface area (Å²) >= 11 is 0. The van der Waals surface area contributed by atoms with Crippen LogP contribution in [-0.4, -0.2) is 64.9 Å². The molecule has 1 aliphatic heterocycles. The molecule has 0 bridgehead atoms. The summed E-state index contributed by atoms with van der Waals surface area (Å²) in [5, 5.41) is 18.0. The van der Waals surface area contributed by atoms with Gasteiger partial charge in [-0.2, -0.15) is 0 Å². The molecule has 0 spiro atoms. The SMILES string of the molecule is CC(C)(C)OC(=O)N1CCN(c2ccc(C(CC(=O)O)CC(=O)O)cc2F)CC1. The summed E-state index contributed by atoms with van der Waals surface area (Å²) < 4.78 is 20.1. The summed E-state index contributed by atoms with van der Waals surface area (Å²) in [6, 6.07) is 4.30. The van der Waals surface area contributed by atoms with Crippen LogP contribution in [0, 0.1) is 5.82 Å². The maximum Gasteiger partial charge on any atom is 0.410 e. The third-order valence-corrected chi connectivity index (χ3v) is 4.56. The minimum atomic E-state index is -1.14. The molecule has 1 aromatic rings. The van der Waals surface area contributed by atoms with Gasteiger partial charge in [0.1, 0.15) is 11.4 Å². The molecule has 2 rings (SSSR count). The minimum absolute atomic E-state index is 0.335. The molecule has 1 amide bonds. The first-order chi connectivity index (χ1) is 13.5. The number of ether oxygens (including phenoxy) is 1. The molecule has 2 N–H and O–H groups in total. The summed E-state index contributed by atoms with van der Waals surface area (Å²) in [7, 11) is 0. The zero-order valence-electron chi connectivity index (χ0n) is 16.9. The van der Waals surface area contributed by atoms with E-state index < -0.39 is 35.4 Å². The first-order valence-electron chi connectivity index (χ1n) is 9.42. The topological polar surface area (TPSA) is 107 Å². The Hall–Kier alpha value is -2.84. The van der Waals surface area contributed by atoms with E-state index in [9.17, 15) is 18.8 Å². The van der Waals surface area contributed by atoms with E-state index in [1.165, 1.54) is 12.1 Å². The third kappa shape index (κ3) is 6.62. The van der Waals surface area contributed by atoms with Crippen molar-refractivity contribution in [3.8, 4) is 0 Å². The van der Waals surface area contributed by atoms with E-state index in [1.807, 2.05) is 0 Å². The van der Waals surface area contributed by atoms with Crippen LogP contribution >= 0.6 is 0 Å². The van der Waals surface area contributed by atoms with Crippen molar-refractivity contribution >= 4 is 23.7 Å². The maximum absolute atomic E-state index is 14.7. The molecular weight excluding hydrogens is 383 g/mol. The summed E-state index contributed by atoms with van der Waals surface area (Å²) in [5.41, 5.74) is 0.0870. The molecule has 8 nitrogen and oxygen atoms in total. The number of amides is 1. The maximum atomic E-state index is 14.7. The van der Waals surface area contributed by atoms with E-state index >= 15 is 0 Å². The molecule has 0 aromatic heterocycles. The van der Waals surface area contributed by atoms with Gasteiger partial charge in [0.15, 0.2) is 0 Å². The molecule has 0 unspecified atom stereocenters. The molecule has 29 heavy (non-hydrogen) atoms. The molecule has 0 aliphatic carbocycles. The Morgan fingerprint density at radius 2 is 1.62 bits per heavy atom. The number of nitrogens with zero attached hydrogens (tertiary/aromatic N) is 2. The number of benzene rings is 1. The zero-order valence-corrected chi connectivity index (χ0v) is 16.9. The summed E-state index contributed by atoms with van der Waals surface area (Å²) in [5.74, 6) is -3.63. The lowest BCUT2D eigenvalue weighted by Crippen LogP contribution is -2.50. The van der Waals surface area contributed by atoms with Crippen molar-refractivity contribution in [1.82, 2.24) is 4.90 Å². The summed E-state index contributed by atoms with van der Waals surface area (Å²) in [6.07, 6.45) is -1.18. The molecular formula is C20H27FN2O6. The van der Waals surface area contributed by atoms with Gasteiger partial charge >= 0.3 is 18.0 Å². The first-order valence-corrected chi connectivity index (χ1v) is 9.42. The van der Waals surface area contributed by atoms with Crippen molar-refractivity contribution in [3.05, 3.63) is 29.6 Å². The van der Waals surface area contributed by atoms with E-state index in [0.717, 1.165) is 0 Å². The van der Waals surface area contributed by atoms with E-state index in [1.54, 1.807) is 36.6 Å². The van der Waals surface area contributed by atoms with Crippen LogP contribution in [-0.2, 0) is 14.3 Å². The number of aliphatic carboxylic acids is 2. The zero-order chi connectivity index (χ0) is 21.8. The molecule has 1 saturated heterocycles. The van der Waals surface area contributed by atoms with Gasteiger partial charge in [-0.3, -0.25) is 9.59 Å². The highest BCUT2D eigenvalue weighted by molar-refractivity contribution is 5.72. The van der Waals surface area contributed by atoms with Crippen LogP contribution in [0.15, 0.2) is 18.2 Å². The largest absolute Gasteiger partial charge is 0.481 e. The van der Waals surface area contributed by atoms with Gasteiger partial charge in [-0.1, -0.05) is 6.07 Å². The predicted molar refractivity (Wildman–Crippen MR) is 104 cm³/mol. The molecule has 160 valence electrons. The van der Waals surface area contributed by atoms with E-state index in [2.05, 4.69) is 0 Å². The fourth-order valence-electron chi connectivity index (χ4n) is 3.22. The molecule has 1 fully saturated rings. The van der Waals surface area contributed by atoms with Crippen molar-refractivity contribution in [2.45, 2.75) is 45.1 Å². The van der Waals surface area contributed by atoms with Crippen LogP contribution in [0.25, 0.3) is 0 Å². The number of carbonyl (C=O) groups is 3. The van der Waals surface area contributed by atoms with E-state index in [0.29, 0.717) is 37.4 Å². The van der Waals surface area contributed by atoms with Gasteiger partial charge in [-0.15, -0.1) is 0 Å². The standard InChI is InChI=1S/C20H27FN2O6/c1-20(2,3)29-19(28)23-8-6-22(7-9-23)16-5-4-13(10-15(16)21)14(11-17(24)25)12-18(26)27/h4-5,10,14H,6-9,11-12H2,1-3H3,(H,24,25)(H,26,27). The quantitative estimate of drug-likeness (QED) is 0.742. The Morgan fingerprint density at radius 3 is 2.07 bits per heavy atom. The Kier molecular flexibility index (Phi) is 7.05. The fourth-order valence-corrected chi connectivity index (χ4v) is 3.22. The minimum Gasteiger partial charge on any atom is -0.481 e. The second-order valence-corrected chi connectivity index (χ2v) is 8.06. The summed E-state index contributed by atoms with van der Waals surface area (Å²) in [4.78, 5) is 37.5. The number of hydrogen-bond acceptors (Lipinski definition) is 5. The Balaban J connectivity index is 2.06. The molecule has 1 heterocycles. The third-order valence-electron chi connectivity index (χ3n) is 4.56. The lowest BCUT2D eigenvalue weighted by atomic mass is 9.92. The van der Waals surface area contributed by atoms with Gasteiger partial charge in [-0.25, -0.2) is 9.18 Å². The second kappa shape index (κ2) is 9.11. The van der Waals surface area contributed by atoms with Crippen LogP contribution < -0.4 is 4.90 Å². The Bertz CT molecular complexity index is 753. The lowest BCUT2D eigenvalue weighted by molar-refractivity contribution is -0.139. The Morgan fingerprint density at radius 1 is 1.07 bits per heavy atom. The highest BCUT2D eigenvalue weighted by Crippen LogP contribution is 2.29. The Labute approximate surface area is 168 Å². The van der Waals surface area contributed by atoms with Gasteiger partial charge in [0, 0.05) is 32.1 Å². The van der Waals surface area contributed by atoms with Crippen LogP contribution in [0.1, 0.15) is 45.1 Å². The molecule has 1 aromatic carbocycles. The number of rotatable bonds is 6. The first kappa shape index (κ1) is 22.4. The monoisotopic (exact) mass is 410 g/mol. The number of carboxylic acid groups (broad SMARTS) is 2. The predicted octanol–water partition coefficient (Wildman–Crippen LogP) is 2.92. The van der Waals surface area contributed by atoms with Gasteiger partial charge in [0.05, 0.1) is 18.5 Å². The van der Waals surface area contributed by atoms with Gasteiger partial charge in [-0.05, 0) is 38.5 Å². The van der Waals surface area contributed by atoms with Gasteiger partial charge in [0.25, 0.3) is 0 Å². The molecule has 0 saturated carbocycles. The fraction of sp³-hybridized carbons (Fsp3) is 0.550. The average Bonchev–Trinajstić information content (AvgIpc) is 2.59. The molecule has 1 aliphatic rings. The van der Waals surface area contributed by atoms with Gasteiger partial charge < -0.3 is 24.7 Å². The van der Waals surface area contributed by atoms with Crippen LogP contribution in [0.2, 0.25) is 0 Å². The van der Waals surface area contributed by atoms with Crippen molar-refractivity contribution in [3.63, 3.8) is 0 Å². The second-order valence-electron chi connectivity index (χ2n) is 8.06. The van der Waals surface area contributed by atoms with E-state index in [-0.39, 0.29) is 12.8 Å². The van der Waals surface area contributed by atoms with E-state index in [4.69, 9.17) is 14.9 Å². The number of anilines is 1. The normalized spacial score (nSPS) is 14.8. The molecule has 0 radical (unpaired) electrons. The number of carboxylic acids is 2. The number of hydrogen-bond donors (Lipinski definition) is 2. The number of halogens is 1. The van der Waals surface area contributed by atoms with Crippen molar-refractivity contribution in [1.29, 1.82) is 0 Å². The molecule has 9 heteroatoms. The average molecular weight is 410 g/mol. The highest BCUT2D eigenvalue weighted by Gasteiger charge is 2.27. The van der Waals surface area contributed by atoms with Crippen molar-refractivity contribution < 1.29 is 33.7 Å². The van der Waals surface area contributed by atoms with Crippen molar-refractivity contribution in [2.24, 2.45) is 0 Å². The lowest BCUT2D eigenvalue weighted by Gasteiger charge is -2.37. The number of carbonyl (C=O) groups excluding carboxylic acids is 1. The number of piperazine rings is 1. The van der Waals surface area contributed by atoms with Crippen LogP contribution in [0.3, 0.4) is 0 Å². The smallest absolute Gasteiger partial charge is 0.410 e.